The second-order valence-electron chi connectivity index (χ2n) is 22.4. The number of halogens is 1. The van der Waals surface area contributed by atoms with E-state index in [0.29, 0.717) is 23.3 Å². The van der Waals surface area contributed by atoms with Crippen molar-refractivity contribution >= 4 is 35.2 Å². The van der Waals surface area contributed by atoms with Gasteiger partial charge in [-0.15, -0.1) is 0 Å². The number of allylic oxidation sites excluding steroid dienone is 3. The molecule has 1 aromatic carbocycles. The Morgan fingerprint density at radius 3 is 2.14 bits per heavy atom. The van der Waals surface area contributed by atoms with Gasteiger partial charge in [0.15, 0.2) is 5.78 Å². The van der Waals surface area contributed by atoms with Crippen molar-refractivity contribution in [2.24, 2.45) is 56.2 Å². The van der Waals surface area contributed by atoms with Gasteiger partial charge >= 0.3 is 11.9 Å². The van der Waals surface area contributed by atoms with Crippen molar-refractivity contribution in [1.29, 1.82) is 0 Å². The third kappa shape index (κ3) is 7.66. The van der Waals surface area contributed by atoms with Gasteiger partial charge in [0.1, 0.15) is 11.7 Å². The van der Waals surface area contributed by atoms with Crippen LogP contribution in [0, 0.1) is 56.2 Å². The van der Waals surface area contributed by atoms with Gasteiger partial charge in [-0.3, -0.25) is 19.2 Å². The summed E-state index contributed by atoms with van der Waals surface area (Å²) in [6.45, 7) is 27.6. The number of esters is 2. The van der Waals surface area contributed by atoms with E-state index >= 15 is 0 Å². The lowest BCUT2D eigenvalue weighted by molar-refractivity contribution is -0.232. The van der Waals surface area contributed by atoms with Crippen LogP contribution in [-0.4, -0.2) is 35.3 Å². The predicted molar refractivity (Wildman–Crippen MR) is 231 cm³/mol. The molecule has 320 valence electrons. The van der Waals surface area contributed by atoms with E-state index in [1.54, 1.807) is 19.9 Å². The number of carbonyl (C=O) groups is 4. The van der Waals surface area contributed by atoms with Gasteiger partial charge in [-0.25, -0.2) is 0 Å². The fraction of sp³-hybridized carbons (Fsp3) is 0.720. The van der Waals surface area contributed by atoms with Crippen LogP contribution in [0.2, 0.25) is 5.02 Å². The zero-order chi connectivity index (χ0) is 43.0. The zero-order valence-corrected chi connectivity index (χ0v) is 38.6. The zero-order valence-electron chi connectivity index (χ0n) is 37.8. The van der Waals surface area contributed by atoms with Gasteiger partial charge in [-0.05, 0) is 168 Å². The average molecular weight is 819 g/mol. The summed E-state index contributed by atoms with van der Waals surface area (Å²) in [4.78, 5) is 54.1. The first kappa shape index (κ1) is 44.6. The maximum absolute atomic E-state index is 14.1. The summed E-state index contributed by atoms with van der Waals surface area (Å²) >= 11 is 6.11. The summed E-state index contributed by atoms with van der Waals surface area (Å²) in [6.07, 6.45) is 12.0. The molecule has 0 spiro atoms. The highest BCUT2D eigenvalue weighted by atomic mass is 35.5. The highest BCUT2D eigenvalue weighted by Gasteiger charge is 2.70. The molecule has 0 unspecified atom stereocenters. The van der Waals surface area contributed by atoms with E-state index in [9.17, 15) is 19.2 Å². The lowest BCUT2D eigenvalue weighted by Crippen LogP contribution is -2.65. The van der Waals surface area contributed by atoms with Gasteiger partial charge in [0, 0.05) is 22.3 Å². The Morgan fingerprint density at radius 2 is 1.52 bits per heavy atom. The van der Waals surface area contributed by atoms with Crippen molar-refractivity contribution in [2.45, 2.75) is 172 Å². The number of ether oxygens (including phenoxy) is 2. The molecular formula is C50H72ClNO6. The minimum absolute atomic E-state index is 0.00656. The largest absolute Gasteiger partial charge is 0.462 e. The highest BCUT2D eigenvalue weighted by molar-refractivity contribution is 6.30. The molecule has 7 nitrogen and oxygen atoms in total. The lowest BCUT2D eigenvalue weighted by Gasteiger charge is -2.72. The first-order valence-electron chi connectivity index (χ1n) is 22.2. The van der Waals surface area contributed by atoms with E-state index < -0.39 is 16.4 Å². The van der Waals surface area contributed by atoms with Crippen LogP contribution in [0.15, 0.2) is 47.6 Å². The average Bonchev–Trinajstić information content (AvgIpc) is 3.40. The maximum Gasteiger partial charge on any atom is 0.312 e. The topological polar surface area (TPSA) is 98.8 Å². The van der Waals surface area contributed by atoms with Gasteiger partial charge in [0.05, 0.1) is 17.9 Å². The molecule has 0 bridgehead atoms. The molecule has 4 saturated carbocycles. The molecule has 0 aromatic heterocycles. The second kappa shape index (κ2) is 15.2. The number of amides is 1. The minimum atomic E-state index is -0.983. The molecule has 8 heteroatoms. The van der Waals surface area contributed by atoms with Crippen molar-refractivity contribution in [1.82, 2.24) is 5.32 Å². The van der Waals surface area contributed by atoms with Crippen molar-refractivity contribution in [3.63, 3.8) is 0 Å². The lowest BCUT2D eigenvalue weighted by atomic mass is 9.33. The number of benzene rings is 1. The summed E-state index contributed by atoms with van der Waals surface area (Å²) in [5.74, 6) is 0.639. The molecule has 1 aromatic rings. The van der Waals surface area contributed by atoms with Gasteiger partial charge in [-0.2, -0.15) is 0 Å². The summed E-state index contributed by atoms with van der Waals surface area (Å²) in [5, 5.41) is 3.80. The standard InChI is InChI=1S/C50H72ClNO6/c1-30(2)41-35(53)28-50(25-22-39(54)52-31(3)32-14-16-33(51)17-15-32)27-26-48(12)34(42(41)50)18-19-37-47(11)23-21-38(46(9,10)36(47)20-24-49(37,48)13)57-40(55)29-45(7,8)43(56)58-44(4,5)6/h14-17,22,25,30-31,34,36-38H,18-21,23-24,26-29H2,1-13H3,(H,52,54)/t31-,34+,36-,37+,38-,47-,48+,49+,50-/m0/s1. The van der Waals surface area contributed by atoms with Crippen molar-refractivity contribution < 1.29 is 28.7 Å². The first-order valence-corrected chi connectivity index (χ1v) is 22.5. The Bertz CT molecular complexity index is 1870. The van der Waals surface area contributed by atoms with E-state index in [1.807, 2.05) is 52.0 Å². The normalized spacial score (nSPS) is 35.1. The van der Waals surface area contributed by atoms with Crippen LogP contribution in [0.3, 0.4) is 0 Å². The monoisotopic (exact) mass is 818 g/mol. The Balaban J connectivity index is 1.23. The fourth-order valence-corrected chi connectivity index (χ4v) is 13.6. The Labute approximate surface area is 354 Å². The van der Waals surface area contributed by atoms with Crippen LogP contribution in [0.25, 0.3) is 0 Å². The number of nitrogens with one attached hydrogen (secondary N) is 1. The third-order valence-electron chi connectivity index (χ3n) is 16.5. The molecule has 0 saturated heterocycles. The maximum atomic E-state index is 14.1. The smallest absolute Gasteiger partial charge is 0.312 e. The minimum Gasteiger partial charge on any atom is -0.462 e. The Hall–Kier alpha value is -2.93. The molecule has 1 N–H and O–H groups in total. The Kier molecular flexibility index (Phi) is 11.7. The number of carbonyl (C=O) groups excluding carboxylic acids is 4. The molecule has 9 atom stereocenters. The van der Waals surface area contributed by atoms with Gasteiger partial charge in [-0.1, -0.05) is 78.3 Å². The van der Waals surface area contributed by atoms with E-state index in [4.69, 9.17) is 21.1 Å². The summed E-state index contributed by atoms with van der Waals surface area (Å²) in [7, 11) is 0. The van der Waals surface area contributed by atoms with E-state index in [1.165, 1.54) is 5.57 Å². The summed E-state index contributed by atoms with van der Waals surface area (Å²) < 4.78 is 12.0. The molecular weight excluding hydrogens is 746 g/mol. The number of Topliss-reactive ketones (excluding diaryl/α,β-unsaturated/α-hetero) is 1. The van der Waals surface area contributed by atoms with E-state index in [-0.39, 0.29) is 75.7 Å². The van der Waals surface area contributed by atoms with Crippen molar-refractivity contribution in [3.8, 4) is 0 Å². The van der Waals surface area contributed by atoms with Gasteiger partial charge in [0.2, 0.25) is 5.91 Å². The second-order valence-corrected chi connectivity index (χ2v) is 22.8. The number of fused-ring (bicyclic) bond motifs is 7. The van der Waals surface area contributed by atoms with Crippen LogP contribution in [0.5, 0.6) is 0 Å². The summed E-state index contributed by atoms with van der Waals surface area (Å²) in [5.41, 5.74) is 1.16. The quantitative estimate of drug-likeness (QED) is 0.197. The highest BCUT2D eigenvalue weighted by Crippen LogP contribution is 2.77. The van der Waals surface area contributed by atoms with Crippen LogP contribution in [-0.2, 0) is 28.7 Å². The van der Waals surface area contributed by atoms with Gasteiger partial charge < -0.3 is 14.8 Å². The van der Waals surface area contributed by atoms with Crippen molar-refractivity contribution in [3.05, 3.63) is 58.1 Å². The molecule has 0 aliphatic heterocycles. The molecule has 5 aliphatic carbocycles. The van der Waals surface area contributed by atoms with Gasteiger partial charge in [0.25, 0.3) is 0 Å². The van der Waals surface area contributed by atoms with Crippen LogP contribution in [0.1, 0.15) is 166 Å². The number of ketones is 1. The fourth-order valence-electron chi connectivity index (χ4n) is 13.4. The predicted octanol–water partition coefficient (Wildman–Crippen LogP) is 11.7. The summed E-state index contributed by atoms with van der Waals surface area (Å²) in [6, 6.07) is 7.38. The third-order valence-corrected chi connectivity index (χ3v) is 16.8. The number of hydrogen-bond donors (Lipinski definition) is 1. The first-order chi connectivity index (χ1) is 26.7. The van der Waals surface area contributed by atoms with Crippen LogP contribution < -0.4 is 5.32 Å². The molecule has 4 fully saturated rings. The SMILES string of the molecule is CC(C)C1=C2[C@H]3CC[C@@H]4[C@@]5(C)CC[C@H](OC(=O)CC(C)(C)C(=O)OC(C)(C)C)C(C)(C)[C@@H]5CC[C@@]4(C)[C@]3(C)CC[C@@]2(C=CC(=O)N[C@@H](C)c2ccc(Cl)cc2)CC1=O. The molecule has 5 aliphatic rings. The van der Waals surface area contributed by atoms with E-state index in [2.05, 4.69) is 59.9 Å². The van der Waals surface area contributed by atoms with Crippen LogP contribution in [0.4, 0.5) is 0 Å². The molecule has 0 heterocycles. The number of rotatable bonds is 9. The molecule has 58 heavy (non-hydrogen) atoms. The van der Waals surface area contributed by atoms with Crippen LogP contribution >= 0.6 is 11.6 Å². The van der Waals surface area contributed by atoms with Crippen molar-refractivity contribution in [2.75, 3.05) is 0 Å². The molecule has 0 radical (unpaired) electrons. The molecule has 6 rings (SSSR count). The van der Waals surface area contributed by atoms with E-state index in [0.717, 1.165) is 62.5 Å². The molecule has 1 amide bonds. The Morgan fingerprint density at radius 1 is 0.862 bits per heavy atom. The number of hydrogen-bond acceptors (Lipinski definition) is 6.